The summed E-state index contributed by atoms with van der Waals surface area (Å²) in [5, 5.41) is 2.77. The largest absolute Gasteiger partial charge is 0.324 e. The summed E-state index contributed by atoms with van der Waals surface area (Å²) in [5.74, 6) is -1.07. The van der Waals surface area contributed by atoms with Gasteiger partial charge in [-0.3, -0.25) is 19.3 Å². The summed E-state index contributed by atoms with van der Waals surface area (Å²) < 4.78 is 0. The lowest BCUT2D eigenvalue weighted by Crippen LogP contribution is -2.38. The molecule has 1 saturated carbocycles. The highest BCUT2D eigenvalue weighted by atomic mass is 16.2. The number of para-hydroxylation sites is 1. The van der Waals surface area contributed by atoms with E-state index in [4.69, 9.17) is 0 Å². The molecule has 3 amide bonds. The van der Waals surface area contributed by atoms with E-state index in [-0.39, 0.29) is 36.1 Å². The summed E-state index contributed by atoms with van der Waals surface area (Å²) in [6, 6.07) is 7.43. The Morgan fingerprint density at radius 1 is 1.14 bits per heavy atom. The standard InChI is InChI=1S/C17H20N2O3/c1-11-6-2-5-9-14(11)18-15(20)10-19-16(21)12-7-3-4-8-13(12)17(19)22/h2,5-6,9,12-13H,3-4,7-8,10H2,1H3,(H,18,20)/t12-,13-/m0/s1. The number of aryl methyl sites for hydroxylation is 1. The number of nitrogens with one attached hydrogen (secondary N) is 1. The van der Waals surface area contributed by atoms with Gasteiger partial charge in [-0.2, -0.15) is 0 Å². The number of benzene rings is 1. The van der Waals surface area contributed by atoms with Crippen molar-refractivity contribution in [2.24, 2.45) is 11.8 Å². The Labute approximate surface area is 129 Å². The van der Waals surface area contributed by atoms with Gasteiger partial charge in [-0.05, 0) is 31.4 Å². The summed E-state index contributed by atoms with van der Waals surface area (Å²) in [4.78, 5) is 38.0. The van der Waals surface area contributed by atoms with E-state index in [9.17, 15) is 14.4 Å². The van der Waals surface area contributed by atoms with Crippen LogP contribution in [0.15, 0.2) is 24.3 Å². The van der Waals surface area contributed by atoms with E-state index in [0.29, 0.717) is 5.69 Å². The van der Waals surface area contributed by atoms with Crippen LogP contribution >= 0.6 is 0 Å². The Kier molecular flexibility index (Phi) is 3.96. The first-order valence-corrected chi connectivity index (χ1v) is 7.78. The van der Waals surface area contributed by atoms with Crippen molar-refractivity contribution in [3.05, 3.63) is 29.8 Å². The predicted octanol–water partition coefficient (Wildman–Crippen LogP) is 2.11. The zero-order valence-electron chi connectivity index (χ0n) is 12.7. The molecule has 1 aromatic carbocycles. The number of fused-ring (bicyclic) bond motifs is 1. The number of rotatable bonds is 3. The Bertz CT molecular complexity index is 602. The summed E-state index contributed by atoms with van der Waals surface area (Å²) >= 11 is 0. The van der Waals surface area contributed by atoms with E-state index in [2.05, 4.69) is 5.32 Å². The number of carbonyl (C=O) groups is 3. The summed E-state index contributed by atoms with van der Waals surface area (Å²) in [6.45, 7) is 1.72. The topological polar surface area (TPSA) is 66.5 Å². The van der Waals surface area contributed by atoms with Crippen LogP contribution in [-0.2, 0) is 14.4 Å². The van der Waals surface area contributed by atoms with Gasteiger partial charge in [-0.15, -0.1) is 0 Å². The van der Waals surface area contributed by atoms with Gasteiger partial charge in [-0.1, -0.05) is 31.0 Å². The number of hydrogen-bond acceptors (Lipinski definition) is 3. The van der Waals surface area contributed by atoms with Crippen molar-refractivity contribution in [2.75, 3.05) is 11.9 Å². The molecule has 1 heterocycles. The molecule has 1 N–H and O–H groups in total. The average Bonchev–Trinajstić information content (AvgIpc) is 2.75. The molecule has 2 atom stereocenters. The summed E-state index contributed by atoms with van der Waals surface area (Å²) in [6.07, 6.45) is 3.52. The molecule has 1 aliphatic heterocycles. The smallest absolute Gasteiger partial charge is 0.244 e. The zero-order valence-corrected chi connectivity index (χ0v) is 12.7. The fourth-order valence-electron chi connectivity index (χ4n) is 3.43. The van der Waals surface area contributed by atoms with Gasteiger partial charge in [0.1, 0.15) is 6.54 Å². The number of amides is 3. The van der Waals surface area contributed by atoms with Crippen LogP contribution in [0.3, 0.4) is 0 Å². The number of imide groups is 1. The molecule has 0 bridgehead atoms. The fourth-order valence-corrected chi connectivity index (χ4v) is 3.43. The Morgan fingerprint density at radius 3 is 2.32 bits per heavy atom. The number of anilines is 1. The van der Waals surface area contributed by atoms with Crippen LogP contribution in [0, 0.1) is 18.8 Å². The van der Waals surface area contributed by atoms with Crippen LogP contribution in [0.4, 0.5) is 5.69 Å². The average molecular weight is 300 g/mol. The fraction of sp³-hybridized carbons (Fsp3) is 0.471. The normalized spacial score (nSPS) is 24.3. The molecule has 2 aliphatic rings. The Balaban J connectivity index is 1.68. The highest BCUT2D eigenvalue weighted by molar-refractivity contribution is 6.08. The van der Waals surface area contributed by atoms with Gasteiger partial charge in [0, 0.05) is 5.69 Å². The first-order valence-electron chi connectivity index (χ1n) is 7.78. The number of carbonyl (C=O) groups excluding carboxylic acids is 3. The molecule has 0 spiro atoms. The number of hydrogen-bond donors (Lipinski definition) is 1. The molecule has 5 heteroatoms. The monoisotopic (exact) mass is 300 g/mol. The van der Waals surface area contributed by atoms with Gasteiger partial charge in [0.05, 0.1) is 11.8 Å². The third kappa shape index (κ3) is 2.63. The minimum absolute atomic E-state index is 0.172. The molecular formula is C17H20N2O3. The molecule has 1 aliphatic carbocycles. The highest BCUT2D eigenvalue weighted by Gasteiger charge is 2.48. The number of nitrogens with zero attached hydrogens (tertiary/aromatic N) is 1. The van der Waals surface area contributed by atoms with Gasteiger partial charge in [0.2, 0.25) is 17.7 Å². The molecule has 22 heavy (non-hydrogen) atoms. The minimum Gasteiger partial charge on any atom is -0.324 e. The van der Waals surface area contributed by atoms with E-state index >= 15 is 0 Å². The van der Waals surface area contributed by atoms with E-state index < -0.39 is 0 Å². The molecule has 3 rings (SSSR count). The van der Waals surface area contributed by atoms with Crippen molar-refractivity contribution in [1.29, 1.82) is 0 Å². The second-order valence-corrected chi connectivity index (χ2v) is 6.12. The van der Waals surface area contributed by atoms with Crippen LogP contribution in [0.2, 0.25) is 0 Å². The maximum Gasteiger partial charge on any atom is 0.244 e. The highest BCUT2D eigenvalue weighted by Crippen LogP contribution is 2.37. The quantitative estimate of drug-likeness (QED) is 0.869. The third-order valence-electron chi connectivity index (χ3n) is 4.65. The molecule has 1 aromatic rings. The van der Waals surface area contributed by atoms with Gasteiger partial charge >= 0.3 is 0 Å². The van der Waals surface area contributed by atoms with E-state index in [1.165, 1.54) is 0 Å². The maximum absolute atomic E-state index is 12.3. The van der Waals surface area contributed by atoms with Gasteiger partial charge < -0.3 is 5.32 Å². The first-order chi connectivity index (χ1) is 10.6. The minimum atomic E-state index is -0.324. The summed E-state index contributed by atoms with van der Waals surface area (Å²) in [5.41, 5.74) is 1.66. The molecular weight excluding hydrogens is 280 g/mol. The van der Waals surface area contributed by atoms with Crippen molar-refractivity contribution >= 4 is 23.4 Å². The summed E-state index contributed by atoms with van der Waals surface area (Å²) in [7, 11) is 0. The molecule has 0 unspecified atom stereocenters. The predicted molar refractivity (Wildman–Crippen MR) is 82.0 cm³/mol. The van der Waals surface area contributed by atoms with Crippen molar-refractivity contribution in [3.8, 4) is 0 Å². The Morgan fingerprint density at radius 2 is 1.73 bits per heavy atom. The third-order valence-corrected chi connectivity index (χ3v) is 4.65. The van der Waals surface area contributed by atoms with E-state index in [1.54, 1.807) is 6.07 Å². The lowest BCUT2D eigenvalue weighted by atomic mass is 9.81. The molecule has 2 fully saturated rings. The van der Waals surface area contributed by atoms with E-state index in [0.717, 1.165) is 36.1 Å². The van der Waals surface area contributed by atoms with Gasteiger partial charge in [0.15, 0.2) is 0 Å². The molecule has 0 aromatic heterocycles. The SMILES string of the molecule is Cc1ccccc1NC(=O)CN1C(=O)[C@H]2CCCC[C@@H]2C1=O. The van der Waals surface area contributed by atoms with Crippen LogP contribution in [0.25, 0.3) is 0 Å². The van der Waals surface area contributed by atoms with Crippen LogP contribution in [-0.4, -0.2) is 29.2 Å². The first kappa shape index (κ1) is 14.8. The molecule has 5 nitrogen and oxygen atoms in total. The van der Waals surface area contributed by atoms with Crippen LogP contribution in [0.1, 0.15) is 31.2 Å². The van der Waals surface area contributed by atoms with Crippen molar-refractivity contribution < 1.29 is 14.4 Å². The van der Waals surface area contributed by atoms with Crippen molar-refractivity contribution in [1.82, 2.24) is 4.90 Å². The lowest BCUT2D eigenvalue weighted by Gasteiger charge is -2.19. The van der Waals surface area contributed by atoms with E-state index in [1.807, 2.05) is 25.1 Å². The van der Waals surface area contributed by atoms with Crippen molar-refractivity contribution in [3.63, 3.8) is 0 Å². The maximum atomic E-state index is 12.3. The zero-order chi connectivity index (χ0) is 15.7. The van der Waals surface area contributed by atoms with Crippen LogP contribution in [0.5, 0.6) is 0 Å². The number of likely N-dealkylation sites (tertiary alicyclic amines) is 1. The molecule has 116 valence electrons. The van der Waals surface area contributed by atoms with Crippen molar-refractivity contribution in [2.45, 2.75) is 32.6 Å². The lowest BCUT2D eigenvalue weighted by molar-refractivity contribution is -0.142. The Hall–Kier alpha value is -2.17. The molecule has 1 saturated heterocycles. The molecule has 0 radical (unpaired) electrons. The van der Waals surface area contributed by atoms with Gasteiger partial charge in [-0.25, -0.2) is 0 Å². The van der Waals surface area contributed by atoms with Gasteiger partial charge in [0.25, 0.3) is 0 Å². The second kappa shape index (κ2) is 5.91. The van der Waals surface area contributed by atoms with Crippen LogP contribution < -0.4 is 5.32 Å². The second-order valence-electron chi connectivity index (χ2n) is 6.12.